The molecule has 3 atom stereocenters. The van der Waals surface area contributed by atoms with Crippen LogP contribution in [0.1, 0.15) is 6.42 Å². The first-order valence-electron chi connectivity index (χ1n) is 7.09. The maximum Gasteiger partial charge on any atom is 0.243 e. The van der Waals surface area contributed by atoms with Gasteiger partial charge in [0.15, 0.2) is 0 Å². The third-order valence-electron chi connectivity index (χ3n) is 4.76. The minimum atomic E-state index is -3.54. The average molecular weight is 386 g/mol. The summed E-state index contributed by atoms with van der Waals surface area (Å²) in [5.74, 6) is 0.637. The van der Waals surface area contributed by atoms with Gasteiger partial charge in [-0.15, -0.1) is 0 Å². The molecule has 3 aliphatic rings. The highest BCUT2D eigenvalue weighted by molar-refractivity contribution is 9.10. The van der Waals surface area contributed by atoms with Gasteiger partial charge in [-0.2, -0.15) is 4.31 Å². The van der Waals surface area contributed by atoms with Crippen molar-refractivity contribution in [2.45, 2.75) is 27.3 Å². The molecule has 1 aromatic carbocycles. The van der Waals surface area contributed by atoms with Gasteiger partial charge in [-0.25, -0.2) is 8.42 Å². The lowest BCUT2D eigenvalue weighted by molar-refractivity contribution is 0.0342. The highest BCUT2D eigenvalue weighted by atomic mass is 79.9. The molecule has 3 unspecified atom stereocenters. The molecule has 3 aliphatic heterocycles. The predicted molar refractivity (Wildman–Crippen MR) is 84.8 cm³/mol. The van der Waals surface area contributed by atoms with Crippen molar-refractivity contribution in [1.82, 2.24) is 4.31 Å². The van der Waals surface area contributed by atoms with Crippen LogP contribution in [0.4, 0.5) is 0 Å². The standard InChI is InChI=1S/C15H16BrNO4S/c1-20-11-2-4-13(5-3-11)22(18,19)17-9-14(16)8-12-6-7-15(14,10-17)21-12/h2-7,12H,8-10H2,1H3. The monoisotopic (exact) mass is 385 g/mol. The van der Waals surface area contributed by atoms with Gasteiger partial charge >= 0.3 is 0 Å². The van der Waals surface area contributed by atoms with E-state index in [1.807, 2.05) is 12.2 Å². The summed E-state index contributed by atoms with van der Waals surface area (Å²) in [7, 11) is -1.98. The van der Waals surface area contributed by atoms with Gasteiger partial charge in [0.05, 0.1) is 22.4 Å². The van der Waals surface area contributed by atoms with Crippen molar-refractivity contribution in [2.24, 2.45) is 0 Å². The third-order valence-corrected chi connectivity index (χ3v) is 7.81. The molecule has 0 N–H and O–H groups in total. The highest BCUT2D eigenvalue weighted by Gasteiger charge is 2.66. The summed E-state index contributed by atoms with van der Waals surface area (Å²) < 4.78 is 38.0. The molecule has 2 bridgehead atoms. The Kier molecular flexibility index (Phi) is 3.05. The van der Waals surface area contributed by atoms with Gasteiger partial charge in [0, 0.05) is 13.1 Å². The summed E-state index contributed by atoms with van der Waals surface area (Å²) in [6.45, 7) is 0.766. The molecule has 7 heteroatoms. The number of sulfonamides is 1. The van der Waals surface area contributed by atoms with Crippen molar-refractivity contribution in [3.05, 3.63) is 36.4 Å². The van der Waals surface area contributed by atoms with Crippen LogP contribution >= 0.6 is 15.9 Å². The number of ether oxygens (including phenoxy) is 2. The summed E-state index contributed by atoms with van der Waals surface area (Å²) in [6.07, 6.45) is 4.95. The molecule has 0 radical (unpaired) electrons. The largest absolute Gasteiger partial charge is 0.497 e. The van der Waals surface area contributed by atoms with E-state index in [-0.39, 0.29) is 15.3 Å². The van der Waals surface area contributed by atoms with Gasteiger partial charge in [-0.3, -0.25) is 0 Å². The van der Waals surface area contributed by atoms with E-state index in [4.69, 9.17) is 9.47 Å². The molecule has 4 rings (SSSR count). The van der Waals surface area contributed by atoms with Crippen molar-refractivity contribution >= 4 is 26.0 Å². The molecule has 118 valence electrons. The molecular formula is C15H16BrNO4S. The number of hydrogen-bond acceptors (Lipinski definition) is 4. The van der Waals surface area contributed by atoms with E-state index in [2.05, 4.69) is 15.9 Å². The van der Waals surface area contributed by atoms with Crippen molar-refractivity contribution in [3.63, 3.8) is 0 Å². The smallest absolute Gasteiger partial charge is 0.243 e. The number of methoxy groups -OCH3 is 1. The van der Waals surface area contributed by atoms with Crippen molar-refractivity contribution < 1.29 is 17.9 Å². The molecule has 0 amide bonds. The van der Waals surface area contributed by atoms with E-state index >= 15 is 0 Å². The van der Waals surface area contributed by atoms with Crippen LogP contribution < -0.4 is 4.74 Å². The molecule has 5 nitrogen and oxygen atoms in total. The Labute approximate surface area is 138 Å². The number of alkyl halides is 1. The Morgan fingerprint density at radius 1 is 1.32 bits per heavy atom. The van der Waals surface area contributed by atoms with Crippen LogP contribution in [-0.4, -0.2) is 49.0 Å². The lowest BCUT2D eigenvalue weighted by Crippen LogP contribution is -2.43. The minimum Gasteiger partial charge on any atom is -0.497 e. The van der Waals surface area contributed by atoms with E-state index in [0.29, 0.717) is 18.8 Å². The van der Waals surface area contributed by atoms with Gasteiger partial charge in [-0.1, -0.05) is 28.1 Å². The molecule has 0 aromatic heterocycles. The van der Waals surface area contributed by atoms with Crippen molar-refractivity contribution in [1.29, 1.82) is 0 Å². The number of hydrogen-bond donors (Lipinski definition) is 0. The molecule has 0 aliphatic carbocycles. The molecule has 2 fully saturated rings. The zero-order valence-corrected chi connectivity index (χ0v) is 14.4. The lowest BCUT2D eigenvalue weighted by Gasteiger charge is -2.29. The third kappa shape index (κ3) is 1.86. The Balaban J connectivity index is 1.66. The number of benzene rings is 1. The van der Waals surface area contributed by atoms with Crippen molar-refractivity contribution in [2.75, 3.05) is 20.2 Å². The SMILES string of the molecule is COc1ccc(S(=O)(=O)N2CC3(Br)CC4C=CC3(C2)O4)cc1. The molecule has 1 aromatic rings. The highest BCUT2D eigenvalue weighted by Crippen LogP contribution is 2.56. The van der Waals surface area contributed by atoms with Gasteiger partial charge in [0.1, 0.15) is 11.4 Å². The van der Waals surface area contributed by atoms with E-state index in [1.165, 1.54) is 4.31 Å². The lowest BCUT2D eigenvalue weighted by atomic mass is 9.86. The first-order valence-corrected chi connectivity index (χ1v) is 9.32. The number of rotatable bonds is 3. The van der Waals surface area contributed by atoms with Gasteiger partial charge in [0.2, 0.25) is 10.0 Å². The molecule has 1 spiro atoms. The van der Waals surface area contributed by atoms with E-state index in [0.717, 1.165) is 6.42 Å². The molecule has 22 heavy (non-hydrogen) atoms. The second-order valence-electron chi connectivity index (χ2n) is 6.02. The normalized spacial score (nSPS) is 36.7. The van der Waals surface area contributed by atoms with Gasteiger partial charge < -0.3 is 9.47 Å². The van der Waals surface area contributed by atoms with Crippen LogP contribution in [-0.2, 0) is 14.8 Å². The second kappa shape index (κ2) is 4.56. The summed E-state index contributed by atoms with van der Waals surface area (Å²) in [6, 6.07) is 6.48. The Morgan fingerprint density at radius 2 is 2.05 bits per heavy atom. The van der Waals surface area contributed by atoms with E-state index in [1.54, 1.807) is 31.4 Å². The Bertz CT molecular complexity index is 747. The van der Waals surface area contributed by atoms with E-state index in [9.17, 15) is 8.42 Å². The summed E-state index contributed by atoms with van der Waals surface area (Å²) in [4.78, 5) is 0.277. The van der Waals surface area contributed by atoms with Crippen molar-refractivity contribution in [3.8, 4) is 5.75 Å². The predicted octanol–water partition coefficient (Wildman–Crippen LogP) is 1.93. The van der Waals surface area contributed by atoms with Gasteiger partial charge in [0.25, 0.3) is 0 Å². The van der Waals surface area contributed by atoms with Crippen LogP contribution in [0.25, 0.3) is 0 Å². The maximum absolute atomic E-state index is 12.9. The topological polar surface area (TPSA) is 55.8 Å². The van der Waals surface area contributed by atoms with E-state index < -0.39 is 15.6 Å². The minimum absolute atomic E-state index is 0.102. The first kappa shape index (κ1) is 14.7. The average Bonchev–Trinajstić information content (AvgIpc) is 3.10. The fraction of sp³-hybridized carbons (Fsp3) is 0.467. The zero-order valence-electron chi connectivity index (χ0n) is 12.0. The van der Waals surface area contributed by atoms with Crippen LogP contribution in [0.3, 0.4) is 0 Å². The number of halogens is 1. The van der Waals surface area contributed by atoms with Crippen LogP contribution in [0.15, 0.2) is 41.3 Å². The molecule has 0 saturated carbocycles. The Hall–Kier alpha value is -0.890. The fourth-order valence-corrected chi connectivity index (χ4v) is 6.23. The first-order chi connectivity index (χ1) is 10.4. The second-order valence-corrected chi connectivity index (χ2v) is 9.48. The van der Waals surface area contributed by atoms with Gasteiger partial charge in [-0.05, 0) is 30.7 Å². The summed E-state index contributed by atoms with van der Waals surface area (Å²) in [5.41, 5.74) is -0.531. The maximum atomic E-state index is 12.9. The zero-order chi connectivity index (χ0) is 15.6. The molecule has 3 heterocycles. The van der Waals surface area contributed by atoms with Crippen LogP contribution in [0.2, 0.25) is 0 Å². The number of nitrogens with zero attached hydrogens (tertiary/aromatic N) is 1. The van der Waals surface area contributed by atoms with Crippen LogP contribution in [0, 0.1) is 0 Å². The number of fused-ring (bicyclic) bond motifs is 1. The molecule has 2 saturated heterocycles. The quantitative estimate of drug-likeness (QED) is 0.589. The fourth-order valence-electron chi connectivity index (χ4n) is 3.56. The summed E-state index contributed by atoms with van der Waals surface area (Å²) in [5, 5.41) is 0. The molecular weight excluding hydrogens is 370 g/mol. The summed E-state index contributed by atoms with van der Waals surface area (Å²) >= 11 is 3.75. The van der Waals surface area contributed by atoms with Crippen LogP contribution in [0.5, 0.6) is 5.75 Å². The Morgan fingerprint density at radius 3 is 2.64 bits per heavy atom.